The third-order valence-corrected chi connectivity index (χ3v) is 3.05. The van der Waals surface area contributed by atoms with Crippen molar-refractivity contribution in [2.24, 2.45) is 0 Å². The number of anilines is 3. The zero-order valence-electron chi connectivity index (χ0n) is 13.3. The average Bonchev–Trinajstić information content (AvgIpc) is 2.54. The van der Waals surface area contributed by atoms with Crippen LogP contribution in [0.5, 0.6) is 0 Å². The Bertz CT molecular complexity index is 710. The Morgan fingerprint density at radius 2 is 2.00 bits per heavy atom. The first-order valence-corrected chi connectivity index (χ1v) is 7.19. The predicted molar refractivity (Wildman–Crippen MR) is 88.2 cm³/mol. The van der Waals surface area contributed by atoms with Crippen LogP contribution in [0.25, 0.3) is 0 Å². The zero-order valence-corrected chi connectivity index (χ0v) is 13.3. The van der Waals surface area contributed by atoms with Crippen molar-refractivity contribution in [2.45, 2.75) is 0 Å². The molecule has 2 amide bonds. The fourth-order valence-corrected chi connectivity index (χ4v) is 1.81. The minimum atomic E-state index is -0.834. The summed E-state index contributed by atoms with van der Waals surface area (Å²) in [6.07, 6.45) is 1.63. The highest BCUT2D eigenvalue weighted by atomic mass is 19.1. The lowest BCUT2D eigenvalue weighted by molar-refractivity contribution is 0.252. The molecule has 2 rings (SSSR count). The first kappa shape index (κ1) is 17.4. The van der Waals surface area contributed by atoms with Gasteiger partial charge in [-0.15, -0.1) is 5.10 Å². The maximum Gasteiger partial charge on any atom is 0.319 e. The number of halogens is 2. The van der Waals surface area contributed by atoms with Gasteiger partial charge in [0, 0.05) is 39.3 Å². The molecule has 0 unspecified atom stereocenters. The van der Waals surface area contributed by atoms with E-state index in [1.54, 1.807) is 6.20 Å². The van der Waals surface area contributed by atoms with Gasteiger partial charge in [0.25, 0.3) is 0 Å². The van der Waals surface area contributed by atoms with Crippen LogP contribution in [0.15, 0.2) is 30.5 Å². The minimum absolute atomic E-state index is 0.0913. The molecule has 24 heavy (non-hydrogen) atoms. The van der Waals surface area contributed by atoms with Crippen LogP contribution < -0.4 is 20.9 Å². The number of aromatic nitrogens is 2. The van der Waals surface area contributed by atoms with E-state index >= 15 is 0 Å². The molecule has 1 aromatic heterocycles. The summed E-state index contributed by atoms with van der Waals surface area (Å²) >= 11 is 0. The zero-order chi connectivity index (χ0) is 17.5. The molecule has 3 N–H and O–H groups in total. The van der Waals surface area contributed by atoms with Gasteiger partial charge >= 0.3 is 6.03 Å². The van der Waals surface area contributed by atoms with Crippen LogP contribution in [0.4, 0.5) is 30.8 Å². The summed E-state index contributed by atoms with van der Waals surface area (Å²) in [5, 5.41) is 15.7. The predicted octanol–water partition coefficient (Wildman–Crippen LogP) is 2.05. The van der Waals surface area contributed by atoms with E-state index in [2.05, 4.69) is 26.1 Å². The van der Waals surface area contributed by atoms with E-state index in [4.69, 9.17) is 0 Å². The van der Waals surface area contributed by atoms with Crippen molar-refractivity contribution in [1.82, 2.24) is 15.5 Å². The number of nitrogens with one attached hydrogen (secondary N) is 3. The number of urea groups is 1. The molecule has 2 aromatic rings. The highest BCUT2D eigenvalue weighted by Gasteiger charge is 2.07. The third kappa shape index (κ3) is 5.04. The second-order valence-corrected chi connectivity index (χ2v) is 5.13. The van der Waals surface area contributed by atoms with E-state index in [1.807, 2.05) is 25.1 Å². The molecule has 0 fully saturated rings. The van der Waals surface area contributed by atoms with Crippen LogP contribution in [0, 0.1) is 11.6 Å². The van der Waals surface area contributed by atoms with Crippen molar-refractivity contribution in [3.05, 3.63) is 42.1 Å². The number of hydrogen-bond donors (Lipinski definition) is 3. The molecule has 1 aromatic carbocycles. The first-order valence-electron chi connectivity index (χ1n) is 7.19. The summed E-state index contributed by atoms with van der Waals surface area (Å²) in [5.74, 6) is -0.962. The normalized spacial score (nSPS) is 10.2. The molecule has 0 saturated heterocycles. The lowest BCUT2D eigenvalue weighted by Gasteiger charge is -2.13. The summed E-state index contributed by atoms with van der Waals surface area (Å²) in [7, 11) is 3.78. The maximum absolute atomic E-state index is 13.4. The molecule has 0 aliphatic carbocycles. The lowest BCUT2D eigenvalue weighted by Crippen LogP contribution is -2.33. The summed E-state index contributed by atoms with van der Waals surface area (Å²) in [4.78, 5) is 13.6. The average molecular weight is 336 g/mol. The molecule has 0 atom stereocenters. The Morgan fingerprint density at radius 3 is 2.71 bits per heavy atom. The molecule has 0 aliphatic rings. The lowest BCUT2D eigenvalue weighted by atomic mass is 10.3. The molecule has 7 nitrogen and oxygen atoms in total. The number of hydrogen-bond acceptors (Lipinski definition) is 5. The van der Waals surface area contributed by atoms with Gasteiger partial charge in [-0.25, -0.2) is 13.6 Å². The van der Waals surface area contributed by atoms with Crippen LogP contribution in [0.3, 0.4) is 0 Å². The summed E-state index contributed by atoms with van der Waals surface area (Å²) in [6.45, 7) is 0.688. The van der Waals surface area contributed by atoms with Gasteiger partial charge in [-0.2, -0.15) is 5.10 Å². The van der Waals surface area contributed by atoms with Gasteiger partial charge in [0.05, 0.1) is 17.6 Å². The Morgan fingerprint density at radius 1 is 1.21 bits per heavy atom. The Kier molecular flexibility index (Phi) is 5.83. The van der Waals surface area contributed by atoms with Gasteiger partial charge < -0.3 is 20.9 Å². The molecular weight excluding hydrogens is 318 g/mol. The van der Waals surface area contributed by atoms with Crippen molar-refractivity contribution in [3.8, 4) is 0 Å². The number of carbonyl (C=O) groups excluding carboxylic acids is 1. The molecule has 0 spiro atoms. The number of benzene rings is 1. The van der Waals surface area contributed by atoms with Crippen LogP contribution in [0.2, 0.25) is 0 Å². The smallest absolute Gasteiger partial charge is 0.319 e. The number of nitrogens with zero attached hydrogens (tertiary/aromatic N) is 3. The molecule has 0 bridgehead atoms. The number of amides is 2. The summed E-state index contributed by atoms with van der Waals surface area (Å²) < 4.78 is 26.2. The fraction of sp³-hybridized carbons (Fsp3) is 0.267. The third-order valence-electron chi connectivity index (χ3n) is 3.05. The Hall–Kier alpha value is -2.97. The summed E-state index contributed by atoms with van der Waals surface area (Å²) in [5.41, 5.74) is 0.802. The standard InChI is InChI=1S/C15H18F2N6O/c1-23(2)11-8-14(22-20-9-11)18-5-6-19-15(24)21-13-4-3-10(16)7-12(13)17/h3-4,7-9H,5-6H2,1-2H3,(H,18,22)(H2,19,21,24). The van der Waals surface area contributed by atoms with E-state index in [-0.39, 0.29) is 12.2 Å². The van der Waals surface area contributed by atoms with Gasteiger partial charge in [-0.05, 0) is 12.1 Å². The van der Waals surface area contributed by atoms with Crippen LogP contribution in [-0.2, 0) is 0 Å². The van der Waals surface area contributed by atoms with Gasteiger partial charge in [0.1, 0.15) is 11.6 Å². The second kappa shape index (κ2) is 8.04. The quantitative estimate of drug-likeness (QED) is 0.704. The van der Waals surface area contributed by atoms with E-state index in [0.717, 1.165) is 17.8 Å². The monoisotopic (exact) mass is 336 g/mol. The fourth-order valence-electron chi connectivity index (χ4n) is 1.81. The van der Waals surface area contributed by atoms with Crippen molar-refractivity contribution in [2.75, 3.05) is 42.7 Å². The van der Waals surface area contributed by atoms with Crippen LogP contribution in [-0.4, -0.2) is 43.4 Å². The van der Waals surface area contributed by atoms with E-state index in [9.17, 15) is 13.6 Å². The topological polar surface area (TPSA) is 82.2 Å². The number of carbonyl (C=O) groups is 1. The highest BCUT2D eigenvalue weighted by molar-refractivity contribution is 5.89. The van der Waals surface area contributed by atoms with Crippen molar-refractivity contribution >= 4 is 23.2 Å². The summed E-state index contributed by atoms with van der Waals surface area (Å²) in [6, 6.07) is 4.16. The highest BCUT2D eigenvalue weighted by Crippen LogP contribution is 2.14. The SMILES string of the molecule is CN(C)c1cnnc(NCCNC(=O)Nc2ccc(F)cc2F)c1. The van der Waals surface area contributed by atoms with E-state index < -0.39 is 17.7 Å². The Labute approximate surface area is 138 Å². The van der Waals surface area contributed by atoms with Gasteiger partial charge in [0.15, 0.2) is 5.82 Å². The molecular formula is C15H18F2N6O. The molecule has 128 valence electrons. The molecule has 9 heteroatoms. The molecule has 0 radical (unpaired) electrons. The van der Waals surface area contributed by atoms with Gasteiger partial charge in [-0.1, -0.05) is 0 Å². The minimum Gasteiger partial charge on any atom is -0.376 e. The Balaban J connectivity index is 1.76. The molecule has 1 heterocycles. The molecule has 0 aliphatic heterocycles. The van der Waals surface area contributed by atoms with E-state index in [1.165, 1.54) is 0 Å². The molecule has 0 saturated carbocycles. The van der Waals surface area contributed by atoms with E-state index in [0.29, 0.717) is 18.4 Å². The van der Waals surface area contributed by atoms with Crippen molar-refractivity contribution in [1.29, 1.82) is 0 Å². The second-order valence-electron chi connectivity index (χ2n) is 5.13. The van der Waals surface area contributed by atoms with Crippen LogP contribution in [0.1, 0.15) is 0 Å². The van der Waals surface area contributed by atoms with Gasteiger partial charge in [-0.3, -0.25) is 0 Å². The van der Waals surface area contributed by atoms with Crippen molar-refractivity contribution < 1.29 is 13.6 Å². The van der Waals surface area contributed by atoms with Crippen molar-refractivity contribution in [3.63, 3.8) is 0 Å². The van der Waals surface area contributed by atoms with Gasteiger partial charge in [0.2, 0.25) is 0 Å². The number of rotatable bonds is 6. The maximum atomic E-state index is 13.4. The first-order chi connectivity index (χ1) is 11.5. The largest absolute Gasteiger partial charge is 0.376 e. The van der Waals surface area contributed by atoms with Crippen LogP contribution >= 0.6 is 0 Å².